The first-order valence-corrected chi connectivity index (χ1v) is 4.30. The van der Waals surface area contributed by atoms with Gasteiger partial charge in [-0.3, -0.25) is 14.6 Å². The third-order valence-electron chi connectivity index (χ3n) is 1.67. The summed E-state index contributed by atoms with van der Waals surface area (Å²) in [6, 6.07) is 2.76. The van der Waals surface area contributed by atoms with Gasteiger partial charge in [0, 0.05) is 18.3 Å². The smallest absolute Gasteiger partial charge is 0.267 e. The lowest BCUT2D eigenvalue weighted by atomic mass is 10.2. The van der Waals surface area contributed by atoms with Crippen molar-refractivity contribution in [2.45, 2.75) is 0 Å². The normalized spacial score (nSPS) is 9.67. The zero-order valence-corrected chi connectivity index (χ0v) is 7.93. The summed E-state index contributed by atoms with van der Waals surface area (Å²) >= 11 is 0. The number of nitrogens with one attached hydrogen (secondary N) is 1. The molecule has 0 unspecified atom stereocenters. The third kappa shape index (κ3) is 3.03. The minimum absolute atomic E-state index is 0.0339. The fourth-order valence-electron chi connectivity index (χ4n) is 0.978. The third-order valence-corrected chi connectivity index (χ3v) is 1.67. The van der Waals surface area contributed by atoms with Crippen molar-refractivity contribution in [2.24, 2.45) is 5.73 Å². The van der Waals surface area contributed by atoms with Crippen molar-refractivity contribution in [3.05, 3.63) is 29.6 Å². The Morgan fingerprint density at radius 2 is 2.27 bits per heavy atom. The second-order valence-corrected chi connectivity index (χ2v) is 2.77. The fourth-order valence-corrected chi connectivity index (χ4v) is 0.978. The van der Waals surface area contributed by atoms with Gasteiger partial charge in [-0.1, -0.05) is 0 Å². The van der Waals surface area contributed by atoms with Crippen molar-refractivity contribution in [3.8, 4) is 0 Å². The monoisotopic (exact) mass is 209 g/mol. The summed E-state index contributed by atoms with van der Waals surface area (Å²) in [4.78, 5) is 25.9. The highest BCUT2D eigenvalue weighted by Crippen LogP contribution is 2.00. The van der Waals surface area contributed by atoms with Crippen molar-refractivity contribution in [1.29, 1.82) is 0 Å². The van der Waals surface area contributed by atoms with Crippen LogP contribution in [0.5, 0.6) is 0 Å². The molecule has 0 aliphatic rings. The van der Waals surface area contributed by atoms with Crippen molar-refractivity contribution < 1.29 is 14.7 Å². The Bertz CT molecular complexity index is 379. The van der Waals surface area contributed by atoms with Gasteiger partial charge in [-0.2, -0.15) is 0 Å². The van der Waals surface area contributed by atoms with Gasteiger partial charge in [0.05, 0.1) is 6.61 Å². The number of carbonyl (C=O) groups excluding carboxylic acids is 2. The van der Waals surface area contributed by atoms with Crippen molar-refractivity contribution in [2.75, 3.05) is 13.2 Å². The second-order valence-electron chi connectivity index (χ2n) is 2.77. The van der Waals surface area contributed by atoms with E-state index in [2.05, 4.69) is 10.3 Å². The van der Waals surface area contributed by atoms with Crippen LogP contribution in [0.4, 0.5) is 0 Å². The summed E-state index contributed by atoms with van der Waals surface area (Å²) in [6.45, 7) is 0.0204. The van der Waals surface area contributed by atoms with E-state index in [-0.39, 0.29) is 30.3 Å². The van der Waals surface area contributed by atoms with E-state index in [0.717, 1.165) is 0 Å². The summed E-state index contributed by atoms with van der Waals surface area (Å²) in [6.07, 6.45) is 1.33. The topological polar surface area (TPSA) is 105 Å². The number of rotatable bonds is 4. The Balaban J connectivity index is 2.81. The lowest BCUT2D eigenvalue weighted by Crippen LogP contribution is -2.26. The maximum absolute atomic E-state index is 11.4. The van der Waals surface area contributed by atoms with Crippen LogP contribution in [0.2, 0.25) is 0 Å². The van der Waals surface area contributed by atoms with Crippen LogP contribution in [0.3, 0.4) is 0 Å². The number of aromatic nitrogens is 1. The first-order valence-electron chi connectivity index (χ1n) is 4.30. The molecule has 0 saturated heterocycles. The first kappa shape index (κ1) is 11.1. The van der Waals surface area contributed by atoms with Gasteiger partial charge in [0.2, 0.25) is 0 Å². The highest BCUT2D eigenvalue weighted by atomic mass is 16.3. The molecule has 6 nitrogen and oxygen atoms in total. The number of nitrogens with two attached hydrogens (primary N) is 1. The molecule has 80 valence electrons. The van der Waals surface area contributed by atoms with E-state index < -0.39 is 5.91 Å². The molecule has 0 bridgehead atoms. The molecule has 0 saturated carbocycles. The Kier molecular flexibility index (Phi) is 3.75. The van der Waals surface area contributed by atoms with Crippen LogP contribution in [0, 0.1) is 0 Å². The molecule has 0 aromatic carbocycles. The van der Waals surface area contributed by atoms with Crippen LogP contribution in [0.1, 0.15) is 20.8 Å². The maximum atomic E-state index is 11.4. The van der Waals surface area contributed by atoms with E-state index in [0.29, 0.717) is 0 Å². The van der Waals surface area contributed by atoms with Gasteiger partial charge >= 0.3 is 0 Å². The molecule has 15 heavy (non-hydrogen) atoms. The largest absolute Gasteiger partial charge is 0.395 e. The quantitative estimate of drug-likeness (QED) is 0.585. The van der Waals surface area contributed by atoms with Gasteiger partial charge in [-0.25, -0.2) is 0 Å². The molecule has 1 aromatic heterocycles. The zero-order chi connectivity index (χ0) is 11.3. The number of aliphatic hydroxyl groups excluding tert-OH is 1. The van der Waals surface area contributed by atoms with Gasteiger partial charge in [0.25, 0.3) is 11.8 Å². The van der Waals surface area contributed by atoms with E-state index in [1.807, 2.05) is 0 Å². The number of carbonyl (C=O) groups is 2. The number of hydrogen-bond acceptors (Lipinski definition) is 4. The highest BCUT2D eigenvalue weighted by molar-refractivity contribution is 5.97. The van der Waals surface area contributed by atoms with Gasteiger partial charge in [-0.15, -0.1) is 0 Å². The minimum atomic E-state index is -0.688. The fraction of sp³-hybridized carbons (Fsp3) is 0.222. The molecule has 0 fully saturated rings. The average molecular weight is 209 g/mol. The molecule has 0 spiro atoms. The van der Waals surface area contributed by atoms with Crippen LogP contribution in [0.25, 0.3) is 0 Å². The number of hydrogen-bond donors (Lipinski definition) is 3. The van der Waals surface area contributed by atoms with E-state index in [1.165, 1.54) is 18.3 Å². The molecule has 1 heterocycles. The molecule has 1 rings (SSSR count). The SMILES string of the molecule is NC(=O)c1cc(C(=O)NCCO)ccn1. The zero-order valence-electron chi connectivity index (χ0n) is 7.93. The van der Waals surface area contributed by atoms with Crippen LogP contribution in [0.15, 0.2) is 18.3 Å². The average Bonchev–Trinajstić information content (AvgIpc) is 2.26. The summed E-state index contributed by atoms with van der Waals surface area (Å²) in [7, 11) is 0. The number of nitrogens with zero attached hydrogens (tertiary/aromatic N) is 1. The van der Waals surface area contributed by atoms with Gasteiger partial charge < -0.3 is 16.2 Å². The molecule has 1 aromatic rings. The Morgan fingerprint density at radius 3 is 2.87 bits per heavy atom. The molecular formula is C9H11N3O3. The van der Waals surface area contributed by atoms with Gasteiger partial charge in [0.15, 0.2) is 0 Å². The molecule has 0 aliphatic carbocycles. The van der Waals surface area contributed by atoms with Crippen molar-refractivity contribution >= 4 is 11.8 Å². The van der Waals surface area contributed by atoms with E-state index in [1.54, 1.807) is 0 Å². The Labute approximate surface area is 86.1 Å². The highest BCUT2D eigenvalue weighted by Gasteiger charge is 2.08. The van der Waals surface area contributed by atoms with Gasteiger partial charge in [0.1, 0.15) is 5.69 Å². The number of aliphatic hydroxyl groups is 1. The summed E-state index contributed by atoms with van der Waals surface area (Å²) in [5, 5.41) is 10.9. The van der Waals surface area contributed by atoms with Crippen molar-refractivity contribution in [3.63, 3.8) is 0 Å². The standard InChI is InChI=1S/C9H11N3O3/c10-8(14)7-5-6(1-2-11-7)9(15)12-3-4-13/h1-2,5,13H,3-4H2,(H2,10,14)(H,12,15). The van der Waals surface area contributed by atoms with Gasteiger partial charge in [-0.05, 0) is 12.1 Å². The number of primary amides is 1. The summed E-state index contributed by atoms with van der Waals surface area (Å²) < 4.78 is 0. The molecule has 2 amide bonds. The predicted molar refractivity (Wildman–Crippen MR) is 52.2 cm³/mol. The number of amides is 2. The van der Waals surface area contributed by atoms with Crippen molar-refractivity contribution in [1.82, 2.24) is 10.3 Å². The lowest BCUT2D eigenvalue weighted by molar-refractivity contribution is 0.0944. The molecular weight excluding hydrogens is 198 g/mol. The second kappa shape index (κ2) is 5.06. The summed E-state index contributed by atoms with van der Waals surface area (Å²) in [5.41, 5.74) is 5.33. The maximum Gasteiger partial charge on any atom is 0.267 e. The summed E-state index contributed by atoms with van der Waals surface area (Å²) in [5.74, 6) is -1.07. The van der Waals surface area contributed by atoms with E-state index in [9.17, 15) is 9.59 Å². The molecule has 0 radical (unpaired) electrons. The number of pyridine rings is 1. The van der Waals surface area contributed by atoms with E-state index >= 15 is 0 Å². The molecule has 4 N–H and O–H groups in total. The van der Waals surface area contributed by atoms with Crippen LogP contribution < -0.4 is 11.1 Å². The molecule has 6 heteroatoms. The minimum Gasteiger partial charge on any atom is -0.395 e. The van der Waals surface area contributed by atoms with Crippen LogP contribution in [-0.4, -0.2) is 35.1 Å². The predicted octanol–water partition coefficient (Wildman–Crippen LogP) is -1.10. The van der Waals surface area contributed by atoms with Crippen LogP contribution >= 0.6 is 0 Å². The van der Waals surface area contributed by atoms with Crippen LogP contribution in [-0.2, 0) is 0 Å². The van der Waals surface area contributed by atoms with E-state index in [4.69, 9.17) is 10.8 Å². The molecule has 0 atom stereocenters. The first-order chi connectivity index (χ1) is 7.15. The Hall–Kier alpha value is -1.95. The lowest BCUT2D eigenvalue weighted by Gasteiger charge is -2.03. The Morgan fingerprint density at radius 1 is 1.53 bits per heavy atom. The molecule has 0 aliphatic heterocycles.